The Morgan fingerprint density at radius 1 is 1.19 bits per heavy atom. The lowest BCUT2D eigenvalue weighted by Crippen LogP contribution is -2.15. The SMILES string of the molecule is CCCCC(C)Nc1c(Br)cc(Br)cc1Br. The van der Waals surface area contributed by atoms with Crippen molar-refractivity contribution in [2.45, 2.75) is 39.2 Å². The van der Waals surface area contributed by atoms with Gasteiger partial charge in [0.15, 0.2) is 0 Å². The molecule has 0 heterocycles. The van der Waals surface area contributed by atoms with E-state index in [0.717, 1.165) is 19.1 Å². The minimum Gasteiger partial charge on any atom is -0.381 e. The molecule has 16 heavy (non-hydrogen) atoms. The van der Waals surface area contributed by atoms with Gasteiger partial charge >= 0.3 is 0 Å². The summed E-state index contributed by atoms with van der Waals surface area (Å²) in [7, 11) is 0. The van der Waals surface area contributed by atoms with Gasteiger partial charge in [-0.15, -0.1) is 0 Å². The summed E-state index contributed by atoms with van der Waals surface area (Å²) in [5.74, 6) is 0. The summed E-state index contributed by atoms with van der Waals surface area (Å²) in [5, 5.41) is 3.53. The Morgan fingerprint density at radius 2 is 1.75 bits per heavy atom. The lowest BCUT2D eigenvalue weighted by atomic mass is 10.1. The molecule has 1 aromatic carbocycles. The van der Waals surface area contributed by atoms with E-state index in [2.05, 4.69) is 79.1 Å². The molecule has 0 amide bonds. The molecule has 1 nitrogen and oxygen atoms in total. The van der Waals surface area contributed by atoms with Crippen molar-refractivity contribution in [3.05, 3.63) is 25.6 Å². The second kappa shape index (κ2) is 7.02. The number of hydrogen-bond acceptors (Lipinski definition) is 1. The van der Waals surface area contributed by atoms with Crippen LogP contribution in [0.15, 0.2) is 25.6 Å². The molecule has 0 bridgehead atoms. The molecule has 0 saturated heterocycles. The lowest BCUT2D eigenvalue weighted by molar-refractivity contribution is 0.644. The molecule has 4 heteroatoms. The van der Waals surface area contributed by atoms with Gasteiger partial charge in [-0.25, -0.2) is 0 Å². The van der Waals surface area contributed by atoms with Crippen LogP contribution < -0.4 is 5.32 Å². The zero-order valence-electron chi connectivity index (χ0n) is 9.49. The Kier molecular flexibility index (Phi) is 6.37. The molecule has 1 aromatic rings. The van der Waals surface area contributed by atoms with Gasteiger partial charge in [0.25, 0.3) is 0 Å². The van der Waals surface area contributed by atoms with Crippen LogP contribution in [0.5, 0.6) is 0 Å². The van der Waals surface area contributed by atoms with E-state index in [1.165, 1.54) is 19.3 Å². The lowest BCUT2D eigenvalue weighted by Gasteiger charge is -2.17. The highest BCUT2D eigenvalue weighted by Crippen LogP contribution is 2.35. The average molecular weight is 414 g/mol. The van der Waals surface area contributed by atoms with E-state index in [0.29, 0.717) is 6.04 Å². The fourth-order valence-electron chi connectivity index (χ4n) is 1.51. The van der Waals surface area contributed by atoms with Crippen molar-refractivity contribution >= 4 is 53.5 Å². The third-order valence-corrected chi connectivity index (χ3v) is 4.10. The predicted octanol–water partition coefficient (Wildman–Crippen LogP) is 5.96. The molecule has 1 N–H and O–H groups in total. The highest BCUT2D eigenvalue weighted by molar-refractivity contribution is 9.11. The van der Waals surface area contributed by atoms with Crippen LogP contribution in [-0.2, 0) is 0 Å². The summed E-state index contributed by atoms with van der Waals surface area (Å²) < 4.78 is 3.23. The van der Waals surface area contributed by atoms with E-state index < -0.39 is 0 Å². The first-order valence-corrected chi connectivity index (χ1v) is 7.83. The van der Waals surface area contributed by atoms with E-state index >= 15 is 0 Å². The second-order valence-corrected chi connectivity index (χ2v) is 6.56. The van der Waals surface area contributed by atoms with Gasteiger partial charge in [0.2, 0.25) is 0 Å². The van der Waals surface area contributed by atoms with Crippen LogP contribution in [-0.4, -0.2) is 6.04 Å². The molecule has 0 radical (unpaired) electrons. The molecule has 0 aromatic heterocycles. The van der Waals surface area contributed by atoms with Crippen LogP contribution in [0.3, 0.4) is 0 Å². The van der Waals surface area contributed by atoms with E-state index in [-0.39, 0.29) is 0 Å². The zero-order valence-corrected chi connectivity index (χ0v) is 14.2. The van der Waals surface area contributed by atoms with Crippen molar-refractivity contribution in [1.29, 1.82) is 0 Å². The summed E-state index contributed by atoms with van der Waals surface area (Å²) in [6.07, 6.45) is 3.71. The number of halogens is 3. The first kappa shape index (κ1) is 14.5. The molecule has 0 aliphatic carbocycles. The van der Waals surface area contributed by atoms with Gasteiger partial charge in [-0.05, 0) is 57.3 Å². The molecular formula is C12H16Br3N. The molecule has 90 valence electrons. The van der Waals surface area contributed by atoms with E-state index in [1.54, 1.807) is 0 Å². The second-order valence-electron chi connectivity index (χ2n) is 3.93. The van der Waals surface area contributed by atoms with Gasteiger partial charge in [-0.3, -0.25) is 0 Å². The van der Waals surface area contributed by atoms with Crippen LogP contribution in [0.2, 0.25) is 0 Å². The van der Waals surface area contributed by atoms with Crippen molar-refractivity contribution in [2.75, 3.05) is 5.32 Å². The van der Waals surface area contributed by atoms with Crippen molar-refractivity contribution in [3.63, 3.8) is 0 Å². The molecule has 0 aliphatic heterocycles. The van der Waals surface area contributed by atoms with Crippen LogP contribution >= 0.6 is 47.8 Å². The van der Waals surface area contributed by atoms with E-state index in [4.69, 9.17) is 0 Å². The van der Waals surface area contributed by atoms with Crippen LogP contribution in [0, 0.1) is 0 Å². The van der Waals surface area contributed by atoms with Gasteiger partial charge in [0.1, 0.15) is 0 Å². The average Bonchev–Trinajstić information content (AvgIpc) is 2.20. The third kappa shape index (κ3) is 4.38. The minimum atomic E-state index is 0.494. The minimum absolute atomic E-state index is 0.494. The Labute approximate surface area is 123 Å². The van der Waals surface area contributed by atoms with E-state index in [1.807, 2.05) is 0 Å². The fourth-order valence-corrected chi connectivity index (χ4v) is 4.00. The summed E-state index contributed by atoms with van der Waals surface area (Å²) in [6.45, 7) is 4.44. The smallest absolute Gasteiger partial charge is 0.0631 e. The molecule has 0 fully saturated rings. The van der Waals surface area contributed by atoms with E-state index in [9.17, 15) is 0 Å². The molecule has 0 spiro atoms. The molecule has 1 atom stereocenters. The first-order chi connectivity index (χ1) is 7.54. The maximum atomic E-state index is 3.57. The Balaban J connectivity index is 2.73. The maximum Gasteiger partial charge on any atom is 0.0631 e. The van der Waals surface area contributed by atoms with Gasteiger partial charge in [0.05, 0.1) is 5.69 Å². The Hall–Kier alpha value is 0.460. The molecule has 0 aliphatic rings. The van der Waals surface area contributed by atoms with Crippen LogP contribution in [0.1, 0.15) is 33.1 Å². The highest BCUT2D eigenvalue weighted by atomic mass is 79.9. The maximum absolute atomic E-state index is 3.57. The summed E-state index contributed by atoms with van der Waals surface area (Å²) in [4.78, 5) is 0. The van der Waals surface area contributed by atoms with Crippen molar-refractivity contribution < 1.29 is 0 Å². The summed E-state index contributed by atoms with van der Waals surface area (Å²) >= 11 is 10.6. The zero-order chi connectivity index (χ0) is 12.1. The number of nitrogens with one attached hydrogen (secondary N) is 1. The third-order valence-electron chi connectivity index (χ3n) is 2.39. The number of hydrogen-bond donors (Lipinski definition) is 1. The summed E-state index contributed by atoms with van der Waals surface area (Å²) in [5.41, 5.74) is 1.13. The predicted molar refractivity (Wildman–Crippen MR) is 82.2 cm³/mol. The molecular weight excluding hydrogens is 398 g/mol. The van der Waals surface area contributed by atoms with Gasteiger partial charge in [0, 0.05) is 19.5 Å². The number of anilines is 1. The number of rotatable bonds is 5. The largest absolute Gasteiger partial charge is 0.381 e. The summed E-state index contributed by atoms with van der Waals surface area (Å²) in [6, 6.07) is 4.60. The Bertz CT molecular complexity index is 329. The monoisotopic (exact) mass is 411 g/mol. The topological polar surface area (TPSA) is 12.0 Å². The normalized spacial score (nSPS) is 12.6. The van der Waals surface area contributed by atoms with Crippen LogP contribution in [0.4, 0.5) is 5.69 Å². The highest BCUT2D eigenvalue weighted by Gasteiger charge is 2.09. The van der Waals surface area contributed by atoms with Crippen molar-refractivity contribution in [2.24, 2.45) is 0 Å². The number of unbranched alkanes of at least 4 members (excludes halogenated alkanes) is 1. The fraction of sp³-hybridized carbons (Fsp3) is 0.500. The van der Waals surface area contributed by atoms with Crippen molar-refractivity contribution in [1.82, 2.24) is 0 Å². The molecule has 0 saturated carbocycles. The first-order valence-electron chi connectivity index (χ1n) is 5.45. The van der Waals surface area contributed by atoms with Crippen molar-refractivity contribution in [3.8, 4) is 0 Å². The van der Waals surface area contributed by atoms with Crippen LogP contribution in [0.25, 0.3) is 0 Å². The standard InChI is InChI=1S/C12H16Br3N/c1-3-4-5-8(2)16-12-10(14)6-9(13)7-11(12)15/h6-8,16H,3-5H2,1-2H3. The molecule has 1 unspecified atom stereocenters. The van der Waals surface area contributed by atoms with Gasteiger partial charge < -0.3 is 5.32 Å². The number of benzene rings is 1. The van der Waals surface area contributed by atoms with Gasteiger partial charge in [-0.1, -0.05) is 35.7 Å². The quantitative estimate of drug-likeness (QED) is 0.627. The van der Waals surface area contributed by atoms with Gasteiger partial charge in [-0.2, -0.15) is 0 Å². The Morgan fingerprint density at radius 3 is 2.25 bits per heavy atom. The molecule has 1 rings (SSSR count).